The van der Waals surface area contributed by atoms with Crippen LogP contribution in [0.4, 0.5) is 0 Å². The van der Waals surface area contributed by atoms with Gasteiger partial charge in [-0.1, -0.05) is 19.4 Å². The highest BCUT2D eigenvalue weighted by Gasteiger charge is 2.33. The molecule has 1 rings (SSSR count). The summed E-state index contributed by atoms with van der Waals surface area (Å²) in [5.41, 5.74) is 2.87. The summed E-state index contributed by atoms with van der Waals surface area (Å²) >= 11 is 0. The van der Waals surface area contributed by atoms with Gasteiger partial charge in [-0.3, -0.25) is 0 Å². The number of allylic oxidation sites excluding steroid dienone is 1. The van der Waals surface area contributed by atoms with Crippen molar-refractivity contribution in [3.8, 4) is 0 Å². The Kier molecular flexibility index (Phi) is 2.10. The SMILES string of the molecule is CC(C)=C1CC(C)(C)C[C@H]1O. The van der Waals surface area contributed by atoms with Crippen LogP contribution in [0, 0.1) is 5.41 Å². The van der Waals surface area contributed by atoms with E-state index in [1.54, 1.807) is 0 Å². The van der Waals surface area contributed by atoms with Gasteiger partial charge in [0.15, 0.2) is 0 Å². The van der Waals surface area contributed by atoms with E-state index < -0.39 is 0 Å². The standard InChI is InChI=1S/C10H18O/c1-7(2)8-5-10(3,4)6-9(8)11/h9,11H,5-6H2,1-4H3/t9-/m1/s1. The molecule has 0 aromatic heterocycles. The van der Waals surface area contributed by atoms with E-state index in [2.05, 4.69) is 27.7 Å². The molecule has 0 radical (unpaired) electrons. The first-order chi connectivity index (χ1) is 4.92. The average molecular weight is 154 g/mol. The Morgan fingerprint density at radius 1 is 1.45 bits per heavy atom. The summed E-state index contributed by atoms with van der Waals surface area (Å²) in [6.07, 6.45) is 1.82. The number of rotatable bonds is 0. The van der Waals surface area contributed by atoms with Gasteiger partial charge in [-0.2, -0.15) is 0 Å². The first kappa shape index (κ1) is 8.79. The maximum absolute atomic E-state index is 9.64. The van der Waals surface area contributed by atoms with Crippen LogP contribution < -0.4 is 0 Å². The van der Waals surface area contributed by atoms with E-state index in [1.165, 1.54) is 11.1 Å². The lowest BCUT2D eigenvalue weighted by molar-refractivity contribution is 0.189. The van der Waals surface area contributed by atoms with Crippen molar-refractivity contribution in [2.45, 2.75) is 46.6 Å². The Morgan fingerprint density at radius 3 is 2.18 bits per heavy atom. The normalized spacial score (nSPS) is 29.2. The number of aliphatic hydroxyl groups is 1. The third-order valence-electron chi connectivity index (χ3n) is 2.46. The highest BCUT2D eigenvalue weighted by Crippen LogP contribution is 2.41. The summed E-state index contributed by atoms with van der Waals surface area (Å²) in [6.45, 7) is 8.60. The molecule has 1 N–H and O–H groups in total. The van der Waals surface area contributed by atoms with Crippen molar-refractivity contribution < 1.29 is 5.11 Å². The molecule has 0 saturated heterocycles. The highest BCUT2D eigenvalue weighted by molar-refractivity contribution is 5.21. The van der Waals surface area contributed by atoms with Crippen LogP contribution in [0.5, 0.6) is 0 Å². The van der Waals surface area contributed by atoms with Crippen LogP contribution in [0.3, 0.4) is 0 Å². The van der Waals surface area contributed by atoms with Crippen molar-refractivity contribution in [1.82, 2.24) is 0 Å². The van der Waals surface area contributed by atoms with Crippen molar-refractivity contribution in [3.05, 3.63) is 11.1 Å². The van der Waals surface area contributed by atoms with Gasteiger partial charge in [0.1, 0.15) is 0 Å². The Morgan fingerprint density at radius 2 is 2.00 bits per heavy atom. The maximum Gasteiger partial charge on any atom is 0.0757 e. The lowest BCUT2D eigenvalue weighted by atomic mass is 9.91. The summed E-state index contributed by atoms with van der Waals surface area (Å²) in [7, 11) is 0. The van der Waals surface area contributed by atoms with Gasteiger partial charge in [-0.05, 0) is 37.7 Å². The molecule has 1 nitrogen and oxygen atoms in total. The minimum Gasteiger partial charge on any atom is -0.389 e. The van der Waals surface area contributed by atoms with E-state index in [0.717, 1.165) is 12.8 Å². The average Bonchev–Trinajstić information content (AvgIpc) is 2.05. The Labute approximate surface area is 69.1 Å². The molecule has 1 fully saturated rings. The Bertz CT molecular complexity index is 185. The lowest BCUT2D eigenvalue weighted by Crippen LogP contribution is -2.07. The van der Waals surface area contributed by atoms with E-state index >= 15 is 0 Å². The monoisotopic (exact) mass is 154 g/mol. The van der Waals surface area contributed by atoms with Crippen molar-refractivity contribution in [1.29, 1.82) is 0 Å². The molecular formula is C10H18O. The van der Waals surface area contributed by atoms with Crippen LogP contribution in [-0.4, -0.2) is 11.2 Å². The van der Waals surface area contributed by atoms with Gasteiger partial charge in [0, 0.05) is 0 Å². The van der Waals surface area contributed by atoms with Crippen molar-refractivity contribution in [2.24, 2.45) is 5.41 Å². The number of hydrogen-bond donors (Lipinski definition) is 1. The molecule has 0 aromatic carbocycles. The summed E-state index contributed by atoms with van der Waals surface area (Å²) < 4.78 is 0. The highest BCUT2D eigenvalue weighted by atomic mass is 16.3. The molecule has 1 saturated carbocycles. The third-order valence-corrected chi connectivity index (χ3v) is 2.46. The third kappa shape index (κ3) is 1.84. The van der Waals surface area contributed by atoms with E-state index in [9.17, 15) is 5.11 Å². The van der Waals surface area contributed by atoms with Gasteiger partial charge in [-0.15, -0.1) is 0 Å². The molecule has 1 atom stereocenters. The summed E-state index contributed by atoms with van der Waals surface area (Å²) in [5.74, 6) is 0. The zero-order valence-electron chi connectivity index (χ0n) is 7.94. The minimum atomic E-state index is -0.171. The molecule has 0 bridgehead atoms. The van der Waals surface area contributed by atoms with Crippen molar-refractivity contribution >= 4 is 0 Å². The van der Waals surface area contributed by atoms with Crippen LogP contribution in [0.2, 0.25) is 0 Å². The molecule has 0 aromatic rings. The summed E-state index contributed by atoms with van der Waals surface area (Å²) in [4.78, 5) is 0. The Hall–Kier alpha value is -0.300. The van der Waals surface area contributed by atoms with E-state index in [0.29, 0.717) is 5.41 Å². The van der Waals surface area contributed by atoms with Crippen LogP contribution in [-0.2, 0) is 0 Å². The fourth-order valence-corrected chi connectivity index (χ4v) is 1.86. The molecule has 1 aliphatic carbocycles. The number of aliphatic hydroxyl groups excluding tert-OH is 1. The van der Waals surface area contributed by atoms with Crippen LogP contribution in [0.25, 0.3) is 0 Å². The molecule has 0 heterocycles. The minimum absolute atomic E-state index is 0.171. The topological polar surface area (TPSA) is 20.2 Å². The molecule has 0 amide bonds. The predicted molar refractivity (Wildman–Crippen MR) is 47.4 cm³/mol. The fraction of sp³-hybridized carbons (Fsp3) is 0.800. The second-order valence-electron chi connectivity index (χ2n) is 4.59. The van der Waals surface area contributed by atoms with E-state index in [-0.39, 0.29) is 6.10 Å². The fourth-order valence-electron chi connectivity index (χ4n) is 1.86. The molecular weight excluding hydrogens is 136 g/mol. The maximum atomic E-state index is 9.64. The zero-order chi connectivity index (χ0) is 8.65. The van der Waals surface area contributed by atoms with Gasteiger partial charge in [0.05, 0.1) is 6.10 Å². The van der Waals surface area contributed by atoms with E-state index in [4.69, 9.17) is 0 Å². The van der Waals surface area contributed by atoms with Gasteiger partial charge in [0.25, 0.3) is 0 Å². The molecule has 0 aliphatic heterocycles. The Balaban J connectivity index is 2.83. The largest absolute Gasteiger partial charge is 0.389 e. The van der Waals surface area contributed by atoms with Gasteiger partial charge in [-0.25, -0.2) is 0 Å². The van der Waals surface area contributed by atoms with Crippen LogP contribution in [0.1, 0.15) is 40.5 Å². The lowest BCUT2D eigenvalue weighted by Gasteiger charge is -2.14. The molecule has 11 heavy (non-hydrogen) atoms. The van der Waals surface area contributed by atoms with Gasteiger partial charge in [0.2, 0.25) is 0 Å². The molecule has 64 valence electrons. The van der Waals surface area contributed by atoms with Crippen molar-refractivity contribution in [3.63, 3.8) is 0 Å². The van der Waals surface area contributed by atoms with Crippen LogP contribution in [0.15, 0.2) is 11.1 Å². The number of hydrogen-bond acceptors (Lipinski definition) is 1. The molecule has 0 spiro atoms. The van der Waals surface area contributed by atoms with Gasteiger partial charge < -0.3 is 5.11 Å². The smallest absolute Gasteiger partial charge is 0.0757 e. The molecule has 1 aliphatic rings. The zero-order valence-corrected chi connectivity index (χ0v) is 7.94. The molecule has 0 unspecified atom stereocenters. The van der Waals surface area contributed by atoms with E-state index in [1.807, 2.05) is 0 Å². The van der Waals surface area contributed by atoms with Crippen LogP contribution >= 0.6 is 0 Å². The van der Waals surface area contributed by atoms with Gasteiger partial charge >= 0.3 is 0 Å². The second-order valence-corrected chi connectivity index (χ2v) is 4.59. The second kappa shape index (κ2) is 2.63. The van der Waals surface area contributed by atoms with Crippen molar-refractivity contribution in [2.75, 3.05) is 0 Å². The summed E-state index contributed by atoms with van der Waals surface area (Å²) in [5, 5.41) is 9.64. The summed E-state index contributed by atoms with van der Waals surface area (Å²) in [6, 6.07) is 0. The first-order valence-electron chi connectivity index (χ1n) is 4.27. The quantitative estimate of drug-likeness (QED) is 0.531. The first-order valence-corrected chi connectivity index (χ1v) is 4.27. The molecule has 1 heteroatoms. The predicted octanol–water partition coefficient (Wildman–Crippen LogP) is 2.50.